The van der Waals surface area contributed by atoms with Gasteiger partial charge in [0, 0.05) is 13.0 Å². The molecule has 1 heterocycles. The Morgan fingerprint density at radius 2 is 2.21 bits per heavy atom. The molecule has 1 N–H and O–H groups in total. The van der Waals surface area contributed by atoms with Crippen LogP contribution >= 0.6 is 0 Å². The summed E-state index contributed by atoms with van der Waals surface area (Å²) < 4.78 is 11.6. The Balaban J connectivity index is 2.36. The maximum Gasteiger partial charge on any atom is 0.350 e. The van der Waals surface area contributed by atoms with E-state index in [1.54, 1.807) is 0 Å². The number of carboxylic acids is 1. The van der Waals surface area contributed by atoms with Crippen LogP contribution in [-0.2, 0) is 16.0 Å². The molecule has 0 radical (unpaired) electrons. The molecule has 0 aliphatic carbocycles. The second kappa shape index (κ2) is 5.61. The normalized spacial score (nSPS) is 25.5. The molecule has 0 saturated heterocycles. The number of carboxylic acid groups (broad SMARTS) is 1. The van der Waals surface area contributed by atoms with Crippen molar-refractivity contribution in [2.75, 3.05) is 6.61 Å². The molecular formula is C15H20O4. The predicted molar refractivity (Wildman–Crippen MR) is 71.5 cm³/mol. The van der Waals surface area contributed by atoms with Crippen molar-refractivity contribution in [2.45, 2.75) is 44.8 Å². The molecule has 1 aliphatic heterocycles. The highest BCUT2D eigenvalue weighted by molar-refractivity contribution is 5.79. The SMILES string of the molecule is CCCOC1Cc2ccccc2OC1(CC)C(=O)O. The van der Waals surface area contributed by atoms with Gasteiger partial charge in [0.25, 0.3) is 0 Å². The molecule has 0 aromatic heterocycles. The molecule has 2 unspecified atom stereocenters. The summed E-state index contributed by atoms with van der Waals surface area (Å²) in [4.78, 5) is 11.7. The van der Waals surface area contributed by atoms with Gasteiger partial charge in [-0.1, -0.05) is 32.0 Å². The quantitative estimate of drug-likeness (QED) is 0.888. The maximum absolute atomic E-state index is 11.7. The van der Waals surface area contributed by atoms with Gasteiger partial charge in [-0.2, -0.15) is 0 Å². The Hall–Kier alpha value is -1.55. The van der Waals surface area contributed by atoms with Crippen molar-refractivity contribution in [1.82, 2.24) is 0 Å². The second-order valence-corrected chi connectivity index (χ2v) is 4.82. The van der Waals surface area contributed by atoms with Crippen molar-refractivity contribution in [3.05, 3.63) is 29.8 Å². The van der Waals surface area contributed by atoms with Crippen LogP contribution in [0.5, 0.6) is 5.75 Å². The third-order valence-corrected chi connectivity index (χ3v) is 3.60. The van der Waals surface area contributed by atoms with Crippen molar-refractivity contribution in [3.63, 3.8) is 0 Å². The van der Waals surface area contributed by atoms with Crippen LogP contribution in [0.2, 0.25) is 0 Å². The van der Waals surface area contributed by atoms with Crippen molar-refractivity contribution in [1.29, 1.82) is 0 Å². The number of aliphatic carboxylic acids is 1. The van der Waals surface area contributed by atoms with E-state index >= 15 is 0 Å². The molecule has 19 heavy (non-hydrogen) atoms. The zero-order chi connectivity index (χ0) is 13.9. The summed E-state index contributed by atoms with van der Waals surface area (Å²) >= 11 is 0. The van der Waals surface area contributed by atoms with Crippen LogP contribution in [0, 0.1) is 0 Å². The largest absolute Gasteiger partial charge is 0.478 e. The topological polar surface area (TPSA) is 55.8 Å². The molecular weight excluding hydrogens is 244 g/mol. The van der Waals surface area contributed by atoms with Gasteiger partial charge in [-0.25, -0.2) is 4.79 Å². The highest BCUT2D eigenvalue weighted by Gasteiger charge is 2.50. The molecule has 4 heteroatoms. The number of para-hydroxylation sites is 1. The summed E-state index contributed by atoms with van der Waals surface area (Å²) in [5.74, 6) is -0.297. The first-order valence-electron chi connectivity index (χ1n) is 6.76. The number of benzene rings is 1. The van der Waals surface area contributed by atoms with E-state index in [1.165, 1.54) is 0 Å². The zero-order valence-corrected chi connectivity index (χ0v) is 11.4. The van der Waals surface area contributed by atoms with Crippen molar-refractivity contribution >= 4 is 5.97 Å². The highest BCUT2D eigenvalue weighted by atomic mass is 16.6. The molecule has 0 spiro atoms. The first-order chi connectivity index (χ1) is 9.14. The number of rotatable bonds is 5. The highest BCUT2D eigenvalue weighted by Crippen LogP contribution is 2.37. The lowest BCUT2D eigenvalue weighted by molar-refractivity contribution is -0.175. The Kier molecular flexibility index (Phi) is 4.10. The van der Waals surface area contributed by atoms with Crippen LogP contribution in [0.3, 0.4) is 0 Å². The van der Waals surface area contributed by atoms with Crippen molar-refractivity contribution in [3.8, 4) is 5.75 Å². The van der Waals surface area contributed by atoms with Gasteiger partial charge < -0.3 is 14.6 Å². The summed E-state index contributed by atoms with van der Waals surface area (Å²) in [6.07, 6.45) is 1.38. The van der Waals surface area contributed by atoms with E-state index < -0.39 is 17.7 Å². The molecule has 2 atom stereocenters. The summed E-state index contributed by atoms with van der Waals surface area (Å²) in [6.45, 7) is 4.38. The van der Waals surface area contributed by atoms with Crippen molar-refractivity contribution < 1.29 is 19.4 Å². The number of ether oxygens (including phenoxy) is 2. The fourth-order valence-corrected chi connectivity index (χ4v) is 2.48. The molecule has 0 amide bonds. The summed E-state index contributed by atoms with van der Waals surface area (Å²) in [5.41, 5.74) is -0.266. The van der Waals surface area contributed by atoms with Crippen LogP contribution in [0.1, 0.15) is 32.3 Å². The van der Waals surface area contributed by atoms with Crippen LogP contribution in [0.15, 0.2) is 24.3 Å². The summed E-state index contributed by atoms with van der Waals surface area (Å²) in [7, 11) is 0. The molecule has 1 aromatic carbocycles. The third-order valence-electron chi connectivity index (χ3n) is 3.60. The number of carbonyl (C=O) groups is 1. The lowest BCUT2D eigenvalue weighted by Crippen LogP contribution is -2.58. The van der Waals surface area contributed by atoms with Crippen LogP contribution in [-0.4, -0.2) is 29.4 Å². The van der Waals surface area contributed by atoms with Gasteiger partial charge in [0.05, 0.1) is 0 Å². The lowest BCUT2D eigenvalue weighted by Gasteiger charge is -2.40. The van der Waals surface area contributed by atoms with E-state index in [9.17, 15) is 9.90 Å². The van der Waals surface area contributed by atoms with E-state index in [-0.39, 0.29) is 0 Å². The van der Waals surface area contributed by atoms with Gasteiger partial charge in [-0.15, -0.1) is 0 Å². The molecule has 0 bridgehead atoms. The molecule has 0 fully saturated rings. The minimum absolute atomic E-state index is 0.380. The third kappa shape index (κ3) is 2.45. The Labute approximate surface area is 113 Å². The van der Waals surface area contributed by atoms with E-state index in [0.717, 1.165) is 12.0 Å². The first kappa shape index (κ1) is 13.9. The Morgan fingerprint density at radius 3 is 2.84 bits per heavy atom. The standard InChI is InChI=1S/C15H20O4/c1-3-9-18-13-10-11-7-5-6-8-12(11)19-15(13,4-2)14(16)17/h5-8,13H,3-4,9-10H2,1-2H3,(H,16,17). The van der Waals surface area contributed by atoms with E-state index in [2.05, 4.69) is 0 Å². The molecule has 4 nitrogen and oxygen atoms in total. The van der Waals surface area contributed by atoms with Crippen LogP contribution < -0.4 is 4.74 Å². The van der Waals surface area contributed by atoms with E-state index in [1.807, 2.05) is 38.1 Å². The predicted octanol–water partition coefficient (Wildman–Crippen LogP) is 2.65. The van der Waals surface area contributed by atoms with Gasteiger partial charge in [0.1, 0.15) is 11.9 Å². The summed E-state index contributed by atoms with van der Waals surface area (Å²) in [5, 5.41) is 9.58. The smallest absolute Gasteiger partial charge is 0.350 e. The molecule has 1 aromatic rings. The van der Waals surface area contributed by atoms with Gasteiger partial charge >= 0.3 is 5.97 Å². The van der Waals surface area contributed by atoms with Gasteiger partial charge in [0.15, 0.2) is 0 Å². The monoisotopic (exact) mass is 264 g/mol. The first-order valence-corrected chi connectivity index (χ1v) is 6.76. The van der Waals surface area contributed by atoms with Crippen LogP contribution in [0.25, 0.3) is 0 Å². The van der Waals surface area contributed by atoms with E-state index in [4.69, 9.17) is 9.47 Å². The molecule has 2 rings (SSSR count). The number of fused-ring (bicyclic) bond motifs is 1. The minimum atomic E-state index is -1.27. The summed E-state index contributed by atoms with van der Waals surface area (Å²) in [6, 6.07) is 7.56. The van der Waals surface area contributed by atoms with E-state index in [0.29, 0.717) is 25.2 Å². The Morgan fingerprint density at radius 1 is 1.47 bits per heavy atom. The minimum Gasteiger partial charge on any atom is -0.478 e. The molecule has 1 aliphatic rings. The van der Waals surface area contributed by atoms with Gasteiger partial charge in [0.2, 0.25) is 5.60 Å². The number of hydrogen-bond acceptors (Lipinski definition) is 3. The average molecular weight is 264 g/mol. The fraction of sp³-hybridized carbons (Fsp3) is 0.533. The average Bonchev–Trinajstić information content (AvgIpc) is 2.43. The number of hydrogen-bond donors (Lipinski definition) is 1. The van der Waals surface area contributed by atoms with Gasteiger partial charge in [-0.3, -0.25) is 0 Å². The second-order valence-electron chi connectivity index (χ2n) is 4.82. The van der Waals surface area contributed by atoms with Crippen molar-refractivity contribution in [2.24, 2.45) is 0 Å². The molecule has 104 valence electrons. The van der Waals surface area contributed by atoms with Crippen LogP contribution in [0.4, 0.5) is 0 Å². The molecule has 0 saturated carbocycles. The Bertz CT molecular complexity index is 457. The fourth-order valence-electron chi connectivity index (χ4n) is 2.48. The maximum atomic E-state index is 11.7. The zero-order valence-electron chi connectivity index (χ0n) is 11.4. The van der Waals surface area contributed by atoms with Gasteiger partial charge in [-0.05, 0) is 24.5 Å². The lowest BCUT2D eigenvalue weighted by atomic mass is 9.85.